The van der Waals surface area contributed by atoms with Crippen molar-refractivity contribution in [2.45, 2.75) is 39.2 Å². The van der Waals surface area contributed by atoms with Gasteiger partial charge < -0.3 is 24.0 Å². The molecule has 0 spiro atoms. The molecule has 1 aromatic rings. The van der Waals surface area contributed by atoms with Crippen molar-refractivity contribution in [1.29, 1.82) is 0 Å². The molecule has 4 rings (SSSR count). The second-order valence-electron chi connectivity index (χ2n) is 8.74. The van der Waals surface area contributed by atoms with Gasteiger partial charge in [0.1, 0.15) is 5.75 Å². The topological polar surface area (TPSA) is 97.7 Å². The number of esters is 2. The van der Waals surface area contributed by atoms with Crippen molar-refractivity contribution >= 4 is 34.8 Å². The number of allylic oxidation sites excluding steroid dienone is 1. The Balaban J connectivity index is 1.55. The number of amidine groups is 1. The Kier molecular flexibility index (Phi) is 8.03. The molecule has 0 saturated carbocycles. The minimum atomic E-state index is -0.487. The molecule has 3 aliphatic heterocycles. The molecule has 1 saturated heterocycles. The fourth-order valence-electron chi connectivity index (χ4n) is 4.73. The van der Waals surface area contributed by atoms with Crippen molar-refractivity contribution in [2.75, 3.05) is 33.9 Å². The summed E-state index contributed by atoms with van der Waals surface area (Å²) in [6, 6.07) is 7.02. The summed E-state index contributed by atoms with van der Waals surface area (Å²) >= 11 is 1.43. The Morgan fingerprint density at radius 3 is 2.42 bits per heavy atom. The van der Waals surface area contributed by atoms with Crippen LogP contribution >= 0.6 is 11.8 Å². The highest BCUT2D eigenvalue weighted by Crippen LogP contribution is 2.45. The highest BCUT2D eigenvalue weighted by molar-refractivity contribution is 8.16. The van der Waals surface area contributed by atoms with Crippen LogP contribution in [0.2, 0.25) is 0 Å². The lowest BCUT2D eigenvalue weighted by molar-refractivity contribution is -0.151. The Morgan fingerprint density at radius 1 is 1.11 bits per heavy atom. The molecule has 0 radical (unpaired) electrons. The molecular weight excluding hydrogens is 482 g/mol. The molecule has 0 unspecified atom stereocenters. The standard InChI is InChI=1S/C26H31N3O6S/c1-5-35-24(31)18-10-12-28(13-11-18)21(30)14-19-15-36-26-27-16(2)22(25(32)34-4)23(29(19)26)17-6-8-20(33-3)9-7-17/h6-9,15,18,23H,5,10-14H2,1-4H3/t23-/m0/s1. The average Bonchev–Trinajstić information content (AvgIpc) is 3.29. The number of piperidine rings is 1. The lowest BCUT2D eigenvalue weighted by Gasteiger charge is -2.37. The zero-order chi connectivity index (χ0) is 25.8. The molecule has 3 aliphatic rings. The van der Waals surface area contributed by atoms with Gasteiger partial charge in [0.25, 0.3) is 0 Å². The molecule has 0 aromatic heterocycles. The van der Waals surface area contributed by atoms with Crippen LogP contribution in [0.25, 0.3) is 0 Å². The van der Waals surface area contributed by atoms with Crippen LogP contribution < -0.4 is 4.74 Å². The van der Waals surface area contributed by atoms with E-state index < -0.39 is 12.0 Å². The molecule has 1 fully saturated rings. The van der Waals surface area contributed by atoms with Gasteiger partial charge in [-0.2, -0.15) is 0 Å². The van der Waals surface area contributed by atoms with E-state index in [-0.39, 0.29) is 24.2 Å². The number of likely N-dealkylation sites (tertiary alicyclic amines) is 1. The van der Waals surface area contributed by atoms with Gasteiger partial charge in [0.05, 0.1) is 50.5 Å². The van der Waals surface area contributed by atoms with E-state index in [2.05, 4.69) is 4.99 Å². The average molecular weight is 514 g/mol. The maximum atomic E-state index is 13.3. The van der Waals surface area contributed by atoms with Crippen LogP contribution in [0.3, 0.4) is 0 Å². The quantitative estimate of drug-likeness (QED) is 0.510. The summed E-state index contributed by atoms with van der Waals surface area (Å²) in [6.45, 7) is 4.98. The molecule has 0 bridgehead atoms. The van der Waals surface area contributed by atoms with E-state index in [0.29, 0.717) is 54.7 Å². The number of carbonyl (C=O) groups is 3. The van der Waals surface area contributed by atoms with Crippen molar-refractivity contribution in [3.8, 4) is 5.75 Å². The van der Waals surface area contributed by atoms with E-state index in [9.17, 15) is 14.4 Å². The highest BCUT2D eigenvalue weighted by atomic mass is 32.2. The predicted octanol–water partition coefficient (Wildman–Crippen LogP) is 3.63. The van der Waals surface area contributed by atoms with Gasteiger partial charge in [0.2, 0.25) is 5.91 Å². The third kappa shape index (κ3) is 5.13. The first-order valence-corrected chi connectivity index (χ1v) is 12.9. The lowest BCUT2D eigenvalue weighted by atomic mass is 9.93. The van der Waals surface area contributed by atoms with E-state index in [0.717, 1.165) is 11.3 Å². The zero-order valence-corrected chi connectivity index (χ0v) is 21.8. The van der Waals surface area contributed by atoms with E-state index >= 15 is 0 Å². The summed E-state index contributed by atoms with van der Waals surface area (Å²) in [5.41, 5.74) is 2.65. The third-order valence-electron chi connectivity index (χ3n) is 6.64. The summed E-state index contributed by atoms with van der Waals surface area (Å²) in [5.74, 6) is -0.124. The third-order valence-corrected chi connectivity index (χ3v) is 7.53. The van der Waals surface area contributed by atoms with Gasteiger partial charge in [0, 0.05) is 18.8 Å². The maximum absolute atomic E-state index is 13.3. The number of hydrogen-bond donors (Lipinski definition) is 0. The van der Waals surface area contributed by atoms with Crippen molar-refractivity contribution in [3.05, 3.63) is 52.2 Å². The van der Waals surface area contributed by atoms with Crippen LogP contribution in [-0.2, 0) is 23.9 Å². The van der Waals surface area contributed by atoms with Crippen molar-refractivity contribution in [3.63, 3.8) is 0 Å². The minimum Gasteiger partial charge on any atom is -0.497 e. The van der Waals surface area contributed by atoms with Gasteiger partial charge in [-0.15, -0.1) is 0 Å². The predicted molar refractivity (Wildman–Crippen MR) is 136 cm³/mol. The molecule has 9 nitrogen and oxygen atoms in total. The molecule has 0 aliphatic carbocycles. The van der Waals surface area contributed by atoms with Crippen LogP contribution in [0.4, 0.5) is 0 Å². The maximum Gasteiger partial charge on any atom is 0.338 e. The molecule has 0 N–H and O–H groups in total. The SMILES string of the molecule is CCOC(=O)C1CCN(C(=O)CC2=CSC3=NC(C)=C(C(=O)OC)[C@H](c4ccc(OC)cc4)N23)CC1. The number of thioether (sulfide) groups is 1. The van der Waals surface area contributed by atoms with E-state index in [4.69, 9.17) is 14.2 Å². The summed E-state index contributed by atoms with van der Waals surface area (Å²) in [4.78, 5) is 46.6. The van der Waals surface area contributed by atoms with Crippen molar-refractivity contribution in [2.24, 2.45) is 10.9 Å². The zero-order valence-electron chi connectivity index (χ0n) is 21.0. The molecule has 1 amide bonds. The Labute approximate surface area is 215 Å². The largest absolute Gasteiger partial charge is 0.497 e. The van der Waals surface area contributed by atoms with Gasteiger partial charge in [-0.25, -0.2) is 9.79 Å². The van der Waals surface area contributed by atoms with Crippen molar-refractivity contribution < 1.29 is 28.6 Å². The van der Waals surface area contributed by atoms with E-state index in [1.165, 1.54) is 18.9 Å². The highest BCUT2D eigenvalue weighted by Gasteiger charge is 2.41. The number of rotatable bonds is 7. The lowest BCUT2D eigenvalue weighted by Crippen LogP contribution is -2.42. The van der Waals surface area contributed by atoms with Crippen LogP contribution in [0, 0.1) is 5.92 Å². The molecule has 1 atom stereocenters. The first-order valence-electron chi connectivity index (χ1n) is 12.0. The Hall–Kier alpha value is -3.27. The summed E-state index contributed by atoms with van der Waals surface area (Å²) in [7, 11) is 2.95. The number of hydrogen-bond acceptors (Lipinski definition) is 9. The fraction of sp³-hybridized carbons (Fsp3) is 0.462. The molecule has 10 heteroatoms. The molecule has 1 aromatic carbocycles. The van der Waals surface area contributed by atoms with Gasteiger partial charge in [-0.3, -0.25) is 9.59 Å². The van der Waals surface area contributed by atoms with Crippen LogP contribution in [0.1, 0.15) is 44.7 Å². The fourth-order valence-corrected chi connectivity index (χ4v) is 5.70. The molecule has 192 valence electrons. The minimum absolute atomic E-state index is 0.0233. The summed E-state index contributed by atoms with van der Waals surface area (Å²) in [5, 5.41) is 2.64. The summed E-state index contributed by atoms with van der Waals surface area (Å²) in [6.07, 6.45) is 1.35. The number of nitrogens with zero attached hydrogens (tertiary/aromatic N) is 3. The smallest absolute Gasteiger partial charge is 0.338 e. The van der Waals surface area contributed by atoms with Crippen molar-refractivity contribution in [1.82, 2.24) is 9.80 Å². The molecule has 36 heavy (non-hydrogen) atoms. The van der Waals surface area contributed by atoms with E-state index in [1.807, 2.05) is 34.6 Å². The second-order valence-corrected chi connectivity index (χ2v) is 9.58. The van der Waals surface area contributed by atoms with Gasteiger partial charge in [-0.05, 0) is 49.8 Å². The number of ether oxygens (including phenoxy) is 3. The number of carbonyl (C=O) groups excluding carboxylic acids is 3. The monoisotopic (exact) mass is 513 g/mol. The van der Waals surface area contributed by atoms with Gasteiger partial charge in [-0.1, -0.05) is 23.9 Å². The first-order chi connectivity index (χ1) is 17.4. The Morgan fingerprint density at radius 2 is 1.81 bits per heavy atom. The number of benzene rings is 1. The van der Waals surface area contributed by atoms with Crippen LogP contribution in [0.5, 0.6) is 5.75 Å². The Bertz CT molecular complexity index is 1120. The van der Waals surface area contributed by atoms with Gasteiger partial charge >= 0.3 is 11.9 Å². The summed E-state index contributed by atoms with van der Waals surface area (Å²) < 4.78 is 15.5. The number of amides is 1. The molecular formula is C26H31N3O6S. The second kappa shape index (κ2) is 11.2. The number of fused-ring (bicyclic) bond motifs is 1. The van der Waals surface area contributed by atoms with E-state index in [1.54, 1.807) is 25.9 Å². The number of methoxy groups -OCH3 is 2. The normalized spacial score (nSPS) is 19.9. The number of aliphatic imine (C=N–C) groups is 1. The van der Waals surface area contributed by atoms with Crippen LogP contribution in [0.15, 0.2) is 51.6 Å². The molecule has 3 heterocycles. The first kappa shape index (κ1) is 25.8. The van der Waals surface area contributed by atoms with Gasteiger partial charge in [0.15, 0.2) is 5.17 Å². The van der Waals surface area contributed by atoms with Crippen LogP contribution in [-0.4, -0.2) is 66.7 Å².